The number of fused-ring (bicyclic) bond motifs is 2. The summed E-state index contributed by atoms with van der Waals surface area (Å²) in [5, 5.41) is 3.86. The molecule has 6 aromatic rings. The van der Waals surface area contributed by atoms with Gasteiger partial charge in [0.1, 0.15) is 0 Å². The van der Waals surface area contributed by atoms with E-state index in [-0.39, 0.29) is 17.2 Å². The van der Waals surface area contributed by atoms with Gasteiger partial charge >= 0.3 is 12.4 Å². The van der Waals surface area contributed by atoms with Crippen LogP contribution in [0.25, 0.3) is 54.9 Å². The Labute approximate surface area is 226 Å². The molecule has 0 atom stereocenters. The number of hydrogen-bond donors (Lipinski definition) is 0. The van der Waals surface area contributed by atoms with Gasteiger partial charge in [-0.15, -0.1) is 0 Å². The number of hydrogen-bond acceptors (Lipinski definition) is 0. The fraction of sp³-hybridized carbons (Fsp3) is 0.0588. The fourth-order valence-corrected chi connectivity index (χ4v) is 5.05. The molecule has 6 rings (SSSR count). The second-order valence-corrected chi connectivity index (χ2v) is 9.68. The van der Waals surface area contributed by atoms with Gasteiger partial charge in [-0.2, -0.15) is 26.3 Å². The maximum Gasteiger partial charge on any atom is 0.416 e. The summed E-state index contributed by atoms with van der Waals surface area (Å²) in [5.74, 6) is 0. The Balaban J connectivity index is 1.34. The van der Waals surface area contributed by atoms with E-state index < -0.39 is 23.5 Å². The summed E-state index contributed by atoms with van der Waals surface area (Å²) in [5.41, 5.74) is 1.63. The molecule has 0 aliphatic heterocycles. The van der Waals surface area contributed by atoms with Crippen LogP contribution >= 0.6 is 0 Å². The van der Waals surface area contributed by atoms with Crippen molar-refractivity contribution in [2.24, 2.45) is 0 Å². The van der Waals surface area contributed by atoms with E-state index in [1.807, 2.05) is 48.5 Å². The lowest BCUT2D eigenvalue weighted by atomic mass is 9.94. The first-order chi connectivity index (χ1) is 19.1. The summed E-state index contributed by atoms with van der Waals surface area (Å²) < 4.78 is 80.0. The molecule has 0 aliphatic rings. The number of rotatable bonds is 3. The third-order valence-corrected chi connectivity index (χ3v) is 7.08. The van der Waals surface area contributed by atoms with E-state index in [1.54, 1.807) is 18.2 Å². The summed E-state index contributed by atoms with van der Waals surface area (Å²) >= 11 is 0. The molecule has 0 aliphatic carbocycles. The minimum Gasteiger partial charge on any atom is -0.166 e. The van der Waals surface area contributed by atoms with Crippen LogP contribution in [-0.2, 0) is 12.4 Å². The Morgan fingerprint density at radius 2 is 0.850 bits per heavy atom. The highest BCUT2D eigenvalue weighted by molar-refractivity contribution is 5.97. The molecule has 198 valence electrons. The first kappa shape index (κ1) is 25.7. The summed E-state index contributed by atoms with van der Waals surface area (Å²) in [6, 6.07) is 34.8. The minimum absolute atomic E-state index is 0.141. The maximum atomic E-state index is 13.3. The van der Waals surface area contributed by atoms with E-state index in [1.165, 1.54) is 5.39 Å². The Morgan fingerprint density at radius 3 is 1.45 bits per heavy atom. The topological polar surface area (TPSA) is 0 Å². The van der Waals surface area contributed by atoms with E-state index in [0.717, 1.165) is 45.2 Å². The van der Waals surface area contributed by atoms with Crippen molar-refractivity contribution < 1.29 is 26.3 Å². The van der Waals surface area contributed by atoms with Crippen LogP contribution in [-0.4, -0.2) is 0 Å². The predicted octanol–water partition coefficient (Wildman–Crippen LogP) is 11.0. The maximum absolute atomic E-state index is 13.3. The number of benzene rings is 6. The molecule has 6 aromatic carbocycles. The van der Waals surface area contributed by atoms with E-state index >= 15 is 0 Å². The highest BCUT2D eigenvalue weighted by Gasteiger charge is 2.37. The molecule has 0 saturated heterocycles. The van der Waals surface area contributed by atoms with Crippen molar-refractivity contribution >= 4 is 21.5 Å². The third-order valence-electron chi connectivity index (χ3n) is 7.08. The average Bonchev–Trinajstić information content (AvgIpc) is 2.95. The molecule has 0 saturated carbocycles. The molecule has 40 heavy (non-hydrogen) atoms. The Morgan fingerprint density at radius 1 is 0.350 bits per heavy atom. The highest BCUT2D eigenvalue weighted by atomic mass is 19.4. The molecule has 0 unspecified atom stereocenters. The molecule has 0 nitrogen and oxygen atoms in total. The standard InChI is InChI=1S/C34H20F6/c35-33(36,37)29-18-28(19-30(20-29)34(38,39)40)27-15-14-25-16-24(12-13-26(25)17-27)21-8-10-23(11-9-21)32-7-3-5-22-4-1-2-6-31(22)32/h1-20H. The van der Waals surface area contributed by atoms with Gasteiger partial charge in [0.2, 0.25) is 0 Å². The van der Waals surface area contributed by atoms with Crippen molar-refractivity contribution in [2.75, 3.05) is 0 Å². The predicted molar refractivity (Wildman–Crippen MR) is 148 cm³/mol. The van der Waals surface area contributed by atoms with Crippen molar-refractivity contribution in [3.8, 4) is 33.4 Å². The van der Waals surface area contributed by atoms with Crippen molar-refractivity contribution in [2.45, 2.75) is 12.4 Å². The van der Waals surface area contributed by atoms with Crippen LogP contribution in [0.5, 0.6) is 0 Å². The van der Waals surface area contributed by atoms with Gasteiger partial charge in [-0.3, -0.25) is 0 Å². The lowest BCUT2D eigenvalue weighted by molar-refractivity contribution is -0.143. The van der Waals surface area contributed by atoms with Gasteiger partial charge in [0.15, 0.2) is 0 Å². The third kappa shape index (κ3) is 4.93. The quantitative estimate of drug-likeness (QED) is 0.195. The molecule has 0 aromatic heterocycles. The van der Waals surface area contributed by atoms with Crippen LogP contribution in [0.15, 0.2) is 121 Å². The molecule has 0 bridgehead atoms. The first-order valence-electron chi connectivity index (χ1n) is 12.5. The molecule has 0 fully saturated rings. The van der Waals surface area contributed by atoms with Crippen molar-refractivity contribution in [3.63, 3.8) is 0 Å². The highest BCUT2D eigenvalue weighted by Crippen LogP contribution is 2.39. The summed E-state index contributed by atoms with van der Waals surface area (Å²) in [7, 11) is 0. The molecular weight excluding hydrogens is 522 g/mol. The molecule has 0 N–H and O–H groups in total. The van der Waals surface area contributed by atoms with Crippen molar-refractivity contribution in [1.82, 2.24) is 0 Å². The molecule has 0 heterocycles. The van der Waals surface area contributed by atoms with E-state index in [4.69, 9.17) is 0 Å². The Bertz CT molecular complexity index is 1820. The van der Waals surface area contributed by atoms with Crippen LogP contribution in [0.1, 0.15) is 11.1 Å². The largest absolute Gasteiger partial charge is 0.416 e. The van der Waals surface area contributed by atoms with Crippen molar-refractivity contribution in [3.05, 3.63) is 132 Å². The minimum atomic E-state index is -4.90. The fourth-order valence-electron chi connectivity index (χ4n) is 5.05. The monoisotopic (exact) mass is 542 g/mol. The van der Waals surface area contributed by atoms with E-state index in [0.29, 0.717) is 5.39 Å². The summed E-state index contributed by atoms with van der Waals surface area (Å²) in [6.45, 7) is 0. The van der Waals surface area contributed by atoms with Gasteiger partial charge in [-0.25, -0.2) is 0 Å². The van der Waals surface area contributed by atoms with Crippen LogP contribution in [0.4, 0.5) is 26.3 Å². The van der Waals surface area contributed by atoms with Gasteiger partial charge in [0.25, 0.3) is 0 Å². The smallest absolute Gasteiger partial charge is 0.166 e. The zero-order valence-electron chi connectivity index (χ0n) is 20.8. The van der Waals surface area contributed by atoms with E-state index in [9.17, 15) is 26.3 Å². The first-order valence-corrected chi connectivity index (χ1v) is 12.5. The molecule has 0 amide bonds. The number of alkyl halides is 6. The summed E-state index contributed by atoms with van der Waals surface area (Å²) in [6.07, 6.45) is -9.80. The second kappa shape index (κ2) is 9.56. The zero-order valence-corrected chi connectivity index (χ0v) is 20.8. The van der Waals surface area contributed by atoms with Gasteiger partial charge in [-0.05, 0) is 85.3 Å². The van der Waals surface area contributed by atoms with Crippen LogP contribution in [0.2, 0.25) is 0 Å². The second-order valence-electron chi connectivity index (χ2n) is 9.68. The lowest BCUT2D eigenvalue weighted by Crippen LogP contribution is -2.11. The lowest BCUT2D eigenvalue weighted by Gasteiger charge is -2.15. The van der Waals surface area contributed by atoms with E-state index in [2.05, 4.69) is 36.4 Å². The normalized spacial score (nSPS) is 12.2. The SMILES string of the molecule is FC(F)(F)c1cc(-c2ccc3cc(-c4ccc(-c5cccc6ccccc56)cc4)ccc3c2)cc(C(F)(F)F)c1. The molecular formula is C34H20F6. The summed E-state index contributed by atoms with van der Waals surface area (Å²) in [4.78, 5) is 0. The van der Waals surface area contributed by atoms with Crippen molar-refractivity contribution in [1.29, 1.82) is 0 Å². The van der Waals surface area contributed by atoms with Gasteiger partial charge < -0.3 is 0 Å². The van der Waals surface area contributed by atoms with Crippen LogP contribution < -0.4 is 0 Å². The van der Waals surface area contributed by atoms with Crippen LogP contribution in [0, 0.1) is 0 Å². The molecule has 6 heteroatoms. The molecule has 0 radical (unpaired) electrons. The average molecular weight is 543 g/mol. The van der Waals surface area contributed by atoms with Gasteiger partial charge in [0, 0.05) is 0 Å². The Kier molecular flexibility index (Phi) is 6.14. The number of halogens is 6. The van der Waals surface area contributed by atoms with Crippen LogP contribution in [0.3, 0.4) is 0 Å². The Hall–Kier alpha value is -4.58. The van der Waals surface area contributed by atoms with Gasteiger partial charge in [-0.1, -0.05) is 91.0 Å². The zero-order chi connectivity index (χ0) is 28.1. The molecule has 0 spiro atoms. The van der Waals surface area contributed by atoms with Gasteiger partial charge in [0.05, 0.1) is 11.1 Å².